The molecule has 0 radical (unpaired) electrons. The highest BCUT2D eigenvalue weighted by Crippen LogP contribution is 2.44. The van der Waals surface area contributed by atoms with E-state index in [1.165, 1.54) is 21.6 Å². The first-order valence-electron chi connectivity index (χ1n) is 3.30. The van der Waals surface area contributed by atoms with Crippen molar-refractivity contribution in [3.8, 4) is 0 Å². The molecule has 0 aliphatic rings. The molecule has 0 aromatic carbocycles. The third-order valence-electron chi connectivity index (χ3n) is 0.977. The van der Waals surface area contributed by atoms with Gasteiger partial charge in [-0.2, -0.15) is 0 Å². The summed E-state index contributed by atoms with van der Waals surface area (Å²) in [6.45, 7) is 3.70. The Bertz CT molecular complexity index is 169. The van der Waals surface area contributed by atoms with Crippen molar-refractivity contribution in [3.05, 3.63) is 0 Å². The first kappa shape index (κ1) is 12.8. The molecule has 4 nitrogen and oxygen atoms in total. The van der Waals surface area contributed by atoms with E-state index < -0.39 is 13.3 Å². The summed E-state index contributed by atoms with van der Waals surface area (Å²) < 4.78 is 15.0. The number of hydrogen-bond acceptors (Lipinski definition) is 4. The highest BCUT2D eigenvalue weighted by Gasteiger charge is 2.24. The van der Waals surface area contributed by atoms with E-state index >= 15 is 0 Å². The number of hydrogen-bond donors (Lipinski definition) is 2. The van der Waals surface area contributed by atoms with E-state index in [9.17, 15) is 4.57 Å². The van der Waals surface area contributed by atoms with Crippen LogP contribution in [0.15, 0.2) is 0 Å². The maximum Gasteiger partial charge on any atom is 0.470 e. The van der Waals surface area contributed by atoms with Crippen molar-refractivity contribution in [2.75, 3.05) is 6.26 Å². The minimum atomic E-state index is -4.34. The zero-order valence-electron chi connectivity index (χ0n) is 7.13. The summed E-state index contributed by atoms with van der Waals surface area (Å²) in [6.07, 6.45) is 1.84. The molecule has 2 N–H and O–H groups in total. The summed E-state index contributed by atoms with van der Waals surface area (Å²) in [7, 11) is -1.60. The summed E-state index contributed by atoms with van der Waals surface area (Å²) in [5.41, 5.74) is -0.458. The molecular formula is C5H13O4PS2. The fourth-order valence-electron chi connectivity index (χ4n) is 0.481. The minimum Gasteiger partial charge on any atom is -0.303 e. The van der Waals surface area contributed by atoms with Gasteiger partial charge in [0, 0.05) is 0 Å². The molecule has 0 saturated carbocycles. The molecule has 0 aromatic rings. The normalized spacial score (nSPS) is 15.2. The molecule has 0 fully saturated rings. The van der Waals surface area contributed by atoms with Crippen LogP contribution in [0.5, 0.6) is 0 Å². The molecule has 0 heterocycles. The summed E-state index contributed by atoms with van der Waals surface area (Å²) >= 11 is 0. The van der Waals surface area contributed by atoms with Crippen LogP contribution in [0.2, 0.25) is 0 Å². The summed E-state index contributed by atoms with van der Waals surface area (Å²) in [5.74, 6) is 0.0788. The minimum absolute atomic E-state index is 0.0788. The zero-order chi connectivity index (χ0) is 9.78. The van der Waals surface area contributed by atoms with Crippen molar-refractivity contribution in [2.45, 2.75) is 19.3 Å². The van der Waals surface area contributed by atoms with Gasteiger partial charge in [0.05, 0.1) is 0 Å². The number of rotatable bonds is 5. The molecule has 0 rings (SSSR count). The molecule has 0 spiro atoms. The molecule has 0 amide bonds. The SMILES string of the molecule is CSSC(OP(=O)(O)O)C(C)C. The molecule has 7 heteroatoms. The molecule has 0 aliphatic heterocycles. The summed E-state index contributed by atoms with van der Waals surface area (Å²) in [5, 5.41) is 0. The van der Waals surface area contributed by atoms with E-state index in [0.717, 1.165) is 0 Å². The number of phosphoric ester groups is 1. The molecule has 0 aromatic heterocycles. The first-order valence-corrected chi connectivity index (χ1v) is 7.45. The average Bonchev–Trinajstić information content (AvgIpc) is 1.83. The van der Waals surface area contributed by atoms with E-state index in [0.29, 0.717) is 0 Å². The van der Waals surface area contributed by atoms with Crippen LogP contribution in [-0.4, -0.2) is 21.5 Å². The van der Waals surface area contributed by atoms with Crippen molar-refractivity contribution >= 4 is 29.4 Å². The molecular weight excluding hydrogens is 219 g/mol. The van der Waals surface area contributed by atoms with E-state index in [2.05, 4.69) is 4.52 Å². The Morgan fingerprint density at radius 3 is 2.17 bits per heavy atom. The highest BCUT2D eigenvalue weighted by molar-refractivity contribution is 8.76. The van der Waals surface area contributed by atoms with Crippen LogP contribution in [0.4, 0.5) is 0 Å². The van der Waals surface area contributed by atoms with Gasteiger partial charge >= 0.3 is 7.82 Å². The van der Waals surface area contributed by atoms with Gasteiger partial charge < -0.3 is 9.79 Å². The Labute approximate surface area is 80.1 Å². The third kappa shape index (κ3) is 6.34. The van der Waals surface area contributed by atoms with Gasteiger partial charge in [0.25, 0.3) is 0 Å². The summed E-state index contributed by atoms with van der Waals surface area (Å²) in [6, 6.07) is 0. The van der Waals surface area contributed by atoms with Gasteiger partial charge in [-0.05, 0) is 12.2 Å². The van der Waals surface area contributed by atoms with Crippen LogP contribution in [0.1, 0.15) is 13.8 Å². The lowest BCUT2D eigenvalue weighted by Gasteiger charge is -2.19. The molecule has 0 bridgehead atoms. The fraction of sp³-hybridized carbons (Fsp3) is 1.00. The van der Waals surface area contributed by atoms with Crippen LogP contribution in [0.25, 0.3) is 0 Å². The maximum atomic E-state index is 10.5. The van der Waals surface area contributed by atoms with Gasteiger partial charge in [0.2, 0.25) is 0 Å². The smallest absolute Gasteiger partial charge is 0.303 e. The zero-order valence-corrected chi connectivity index (χ0v) is 9.66. The van der Waals surface area contributed by atoms with Gasteiger partial charge in [-0.15, -0.1) is 0 Å². The summed E-state index contributed by atoms with van der Waals surface area (Å²) in [4.78, 5) is 17.1. The van der Waals surface area contributed by atoms with Gasteiger partial charge in [0.1, 0.15) is 5.44 Å². The monoisotopic (exact) mass is 232 g/mol. The van der Waals surface area contributed by atoms with E-state index in [-0.39, 0.29) is 5.92 Å². The number of phosphoric acid groups is 1. The highest BCUT2D eigenvalue weighted by atomic mass is 33.1. The lowest BCUT2D eigenvalue weighted by Crippen LogP contribution is -2.12. The van der Waals surface area contributed by atoms with Crippen molar-refractivity contribution in [2.24, 2.45) is 5.92 Å². The largest absolute Gasteiger partial charge is 0.470 e. The Morgan fingerprint density at radius 1 is 1.42 bits per heavy atom. The Kier molecular flexibility index (Phi) is 5.89. The average molecular weight is 232 g/mol. The van der Waals surface area contributed by atoms with Crippen molar-refractivity contribution < 1.29 is 18.9 Å². The van der Waals surface area contributed by atoms with Gasteiger partial charge in [0.15, 0.2) is 0 Å². The molecule has 0 aliphatic carbocycles. The van der Waals surface area contributed by atoms with Gasteiger partial charge in [-0.25, -0.2) is 4.57 Å². The van der Waals surface area contributed by atoms with Gasteiger partial charge in [-0.1, -0.05) is 35.4 Å². The third-order valence-corrected chi connectivity index (χ3v) is 3.79. The second kappa shape index (κ2) is 5.52. The molecule has 1 unspecified atom stereocenters. The first-order chi connectivity index (χ1) is 5.37. The quantitative estimate of drug-likeness (QED) is 0.430. The van der Waals surface area contributed by atoms with Crippen molar-refractivity contribution in [1.29, 1.82) is 0 Å². The van der Waals surface area contributed by atoms with E-state index in [4.69, 9.17) is 9.79 Å². The predicted molar refractivity (Wildman–Crippen MR) is 52.9 cm³/mol. The molecule has 1 atom stereocenters. The van der Waals surface area contributed by atoms with Gasteiger partial charge in [-0.3, -0.25) is 4.52 Å². The van der Waals surface area contributed by atoms with Crippen LogP contribution in [0, 0.1) is 5.92 Å². The topological polar surface area (TPSA) is 66.8 Å². The second-order valence-electron chi connectivity index (χ2n) is 2.47. The van der Waals surface area contributed by atoms with E-state index in [1.807, 2.05) is 20.1 Å². The van der Waals surface area contributed by atoms with Crippen molar-refractivity contribution in [1.82, 2.24) is 0 Å². The molecule has 74 valence electrons. The van der Waals surface area contributed by atoms with Crippen LogP contribution in [-0.2, 0) is 9.09 Å². The maximum absolute atomic E-state index is 10.5. The van der Waals surface area contributed by atoms with Crippen molar-refractivity contribution in [3.63, 3.8) is 0 Å². The lowest BCUT2D eigenvalue weighted by molar-refractivity contribution is 0.157. The van der Waals surface area contributed by atoms with Crippen LogP contribution >= 0.6 is 29.4 Å². The fourth-order valence-corrected chi connectivity index (χ4v) is 3.44. The van der Waals surface area contributed by atoms with Crippen LogP contribution in [0.3, 0.4) is 0 Å². The Balaban J connectivity index is 4.05. The van der Waals surface area contributed by atoms with Crippen LogP contribution < -0.4 is 0 Å². The van der Waals surface area contributed by atoms with E-state index in [1.54, 1.807) is 0 Å². The molecule has 0 saturated heterocycles. The Morgan fingerprint density at radius 2 is 1.92 bits per heavy atom. The Hall–Kier alpha value is 0.810. The predicted octanol–water partition coefficient (Wildman–Crippen LogP) is 2.09. The lowest BCUT2D eigenvalue weighted by atomic mass is 10.2. The standard InChI is InChI=1S/C5H13O4PS2/c1-4(2)5(12-11-3)9-10(6,7)8/h4-5H,1-3H3,(H2,6,7,8). The second-order valence-corrected chi connectivity index (χ2v) is 6.23. The molecule has 12 heavy (non-hydrogen) atoms.